The van der Waals surface area contributed by atoms with Crippen LogP contribution in [0.25, 0.3) is 0 Å². The van der Waals surface area contributed by atoms with Crippen LogP contribution in [0.4, 0.5) is 4.39 Å². The lowest BCUT2D eigenvalue weighted by Crippen LogP contribution is -2.09. The highest BCUT2D eigenvalue weighted by atomic mass is 19.1. The lowest BCUT2D eigenvalue weighted by Gasteiger charge is -2.06. The van der Waals surface area contributed by atoms with Crippen LogP contribution >= 0.6 is 0 Å². The van der Waals surface area contributed by atoms with E-state index in [1.807, 2.05) is 37.3 Å². The van der Waals surface area contributed by atoms with E-state index in [1.165, 1.54) is 17.7 Å². The Morgan fingerprint density at radius 1 is 1.15 bits per heavy atom. The topological polar surface area (TPSA) is 26.3 Å². The molecule has 20 heavy (non-hydrogen) atoms. The van der Waals surface area contributed by atoms with Crippen molar-refractivity contribution in [2.45, 2.75) is 19.8 Å². The Bertz CT molecular complexity index is 579. The molecule has 2 rings (SSSR count). The summed E-state index contributed by atoms with van der Waals surface area (Å²) in [5.41, 5.74) is 2.04. The van der Waals surface area contributed by atoms with E-state index in [-0.39, 0.29) is 5.56 Å². The van der Waals surface area contributed by atoms with Crippen LogP contribution in [0.1, 0.15) is 27.9 Å². The van der Waals surface area contributed by atoms with E-state index in [2.05, 4.69) is 0 Å². The van der Waals surface area contributed by atoms with E-state index >= 15 is 0 Å². The average molecular weight is 272 g/mol. The van der Waals surface area contributed by atoms with Gasteiger partial charge in [-0.15, -0.1) is 0 Å². The second-order valence-electron chi connectivity index (χ2n) is 4.71. The summed E-state index contributed by atoms with van der Waals surface area (Å²) >= 11 is 0. The molecule has 0 aliphatic heterocycles. The van der Waals surface area contributed by atoms with Crippen molar-refractivity contribution in [3.05, 3.63) is 71.0 Å². The predicted molar refractivity (Wildman–Crippen MR) is 76.2 cm³/mol. The Kier molecular flexibility index (Phi) is 4.88. The Morgan fingerprint density at radius 2 is 1.90 bits per heavy atom. The minimum atomic E-state index is -0.598. The summed E-state index contributed by atoms with van der Waals surface area (Å²) in [7, 11) is 0. The molecule has 0 radical (unpaired) electrons. The van der Waals surface area contributed by atoms with Crippen LogP contribution in [-0.4, -0.2) is 12.6 Å². The maximum atomic E-state index is 13.5. The van der Waals surface area contributed by atoms with Crippen molar-refractivity contribution in [3.8, 4) is 0 Å². The molecule has 0 saturated carbocycles. The van der Waals surface area contributed by atoms with Crippen LogP contribution in [0.5, 0.6) is 0 Å². The third-order valence-corrected chi connectivity index (χ3v) is 3.03. The zero-order chi connectivity index (χ0) is 14.4. The molecule has 0 N–H and O–H groups in total. The second kappa shape index (κ2) is 6.85. The number of hydrogen-bond donors (Lipinski definition) is 0. The molecule has 0 unspecified atom stereocenters. The molecule has 2 nitrogen and oxygen atoms in total. The number of esters is 1. The van der Waals surface area contributed by atoms with E-state index in [4.69, 9.17) is 4.74 Å². The van der Waals surface area contributed by atoms with E-state index in [0.717, 1.165) is 18.4 Å². The van der Waals surface area contributed by atoms with E-state index < -0.39 is 11.8 Å². The maximum absolute atomic E-state index is 13.5. The number of hydrogen-bond acceptors (Lipinski definition) is 2. The fourth-order valence-electron chi connectivity index (χ4n) is 1.96. The quantitative estimate of drug-likeness (QED) is 0.609. The lowest BCUT2D eigenvalue weighted by molar-refractivity contribution is 0.0495. The standard InChI is InChI=1S/C17H17FO2/c1-13-9-10-16(18)15(12-13)17(19)20-11-5-8-14-6-3-2-4-7-14/h2-4,6-7,9-10,12H,5,8,11H2,1H3. The number of benzene rings is 2. The fourth-order valence-corrected chi connectivity index (χ4v) is 1.96. The van der Waals surface area contributed by atoms with Gasteiger partial charge in [0.05, 0.1) is 12.2 Å². The van der Waals surface area contributed by atoms with Crippen molar-refractivity contribution < 1.29 is 13.9 Å². The van der Waals surface area contributed by atoms with Gasteiger partial charge < -0.3 is 4.74 Å². The fraction of sp³-hybridized carbons (Fsp3) is 0.235. The zero-order valence-corrected chi connectivity index (χ0v) is 11.4. The molecule has 0 heterocycles. The van der Waals surface area contributed by atoms with Gasteiger partial charge in [0.2, 0.25) is 0 Å². The molecular formula is C17H17FO2. The predicted octanol–water partition coefficient (Wildman–Crippen LogP) is 3.92. The monoisotopic (exact) mass is 272 g/mol. The van der Waals surface area contributed by atoms with Crippen LogP contribution < -0.4 is 0 Å². The summed E-state index contributed by atoms with van der Waals surface area (Å²) in [6.45, 7) is 2.10. The Balaban J connectivity index is 1.82. The van der Waals surface area contributed by atoms with Crippen LogP contribution in [0.2, 0.25) is 0 Å². The van der Waals surface area contributed by atoms with Gasteiger partial charge in [-0.25, -0.2) is 9.18 Å². The number of aryl methyl sites for hydroxylation is 2. The van der Waals surface area contributed by atoms with Crippen molar-refractivity contribution in [1.82, 2.24) is 0 Å². The van der Waals surface area contributed by atoms with E-state index in [0.29, 0.717) is 6.61 Å². The van der Waals surface area contributed by atoms with Crippen molar-refractivity contribution in [2.75, 3.05) is 6.61 Å². The molecule has 0 bridgehead atoms. The minimum Gasteiger partial charge on any atom is -0.462 e. The van der Waals surface area contributed by atoms with Gasteiger partial charge in [0.25, 0.3) is 0 Å². The van der Waals surface area contributed by atoms with Crippen LogP contribution in [-0.2, 0) is 11.2 Å². The summed E-state index contributed by atoms with van der Waals surface area (Å²) in [6, 6.07) is 14.4. The average Bonchev–Trinajstić information content (AvgIpc) is 2.47. The van der Waals surface area contributed by atoms with Gasteiger partial charge in [-0.1, -0.05) is 42.0 Å². The van der Waals surface area contributed by atoms with Gasteiger partial charge >= 0.3 is 5.97 Å². The molecule has 0 saturated heterocycles. The van der Waals surface area contributed by atoms with Crippen molar-refractivity contribution >= 4 is 5.97 Å². The molecule has 2 aromatic rings. The molecular weight excluding hydrogens is 255 g/mol. The Labute approximate surface area is 118 Å². The maximum Gasteiger partial charge on any atom is 0.341 e. The van der Waals surface area contributed by atoms with Gasteiger partial charge in [-0.2, -0.15) is 0 Å². The van der Waals surface area contributed by atoms with Gasteiger partial charge in [-0.05, 0) is 37.5 Å². The third-order valence-electron chi connectivity index (χ3n) is 3.03. The third kappa shape index (κ3) is 3.92. The van der Waals surface area contributed by atoms with Crippen LogP contribution in [0, 0.1) is 12.7 Å². The summed E-state index contributed by atoms with van der Waals surface area (Å²) in [5.74, 6) is -1.14. The molecule has 3 heteroatoms. The molecule has 0 aliphatic rings. The van der Waals surface area contributed by atoms with Crippen molar-refractivity contribution in [2.24, 2.45) is 0 Å². The number of carbonyl (C=O) groups is 1. The van der Waals surface area contributed by atoms with Crippen LogP contribution in [0.3, 0.4) is 0 Å². The van der Waals surface area contributed by atoms with Crippen molar-refractivity contribution in [1.29, 1.82) is 0 Å². The van der Waals surface area contributed by atoms with Gasteiger partial charge in [0.15, 0.2) is 0 Å². The first kappa shape index (κ1) is 14.3. The molecule has 0 aromatic heterocycles. The molecule has 0 aliphatic carbocycles. The highest BCUT2D eigenvalue weighted by Crippen LogP contribution is 2.12. The largest absolute Gasteiger partial charge is 0.462 e. The number of rotatable bonds is 5. The molecule has 2 aromatic carbocycles. The Morgan fingerprint density at radius 3 is 2.65 bits per heavy atom. The highest BCUT2D eigenvalue weighted by Gasteiger charge is 2.12. The Hall–Kier alpha value is -2.16. The van der Waals surface area contributed by atoms with Crippen LogP contribution in [0.15, 0.2) is 48.5 Å². The first-order chi connectivity index (χ1) is 9.66. The molecule has 0 spiro atoms. The van der Waals surface area contributed by atoms with E-state index in [1.54, 1.807) is 6.07 Å². The number of ether oxygens (including phenoxy) is 1. The molecule has 0 amide bonds. The highest BCUT2D eigenvalue weighted by molar-refractivity contribution is 5.89. The summed E-state index contributed by atoms with van der Waals surface area (Å²) in [4.78, 5) is 11.8. The van der Waals surface area contributed by atoms with Gasteiger partial charge in [-0.3, -0.25) is 0 Å². The van der Waals surface area contributed by atoms with Crippen molar-refractivity contribution in [3.63, 3.8) is 0 Å². The number of carbonyl (C=O) groups excluding carboxylic acids is 1. The molecule has 0 atom stereocenters. The number of halogens is 1. The lowest BCUT2D eigenvalue weighted by atomic mass is 10.1. The first-order valence-electron chi connectivity index (χ1n) is 6.64. The first-order valence-corrected chi connectivity index (χ1v) is 6.64. The molecule has 0 fully saturated rings. The summed E-state index contributed by atoms with van der Waals surface area (Å²) in [6.07, 6.45) is 1.56. The summed E-state index contributed by atoms with van der Waals surface area (Å²) in [5, 5.41) is 0. The van der Waals surface area contributed by atoms with Gasteiger partial charge in [0, 0.05) is 0 Å². The zero-order valence-electron chi connectivity index (χ0n) is 11.4. The van der Waals surface area contributed by atoms with Gasteiger partial charge in [0.1, 0.15) is 5.82 Å². The molecule has 104 valence electrons. The van der Waals surface area contributed by atoms with E-state index in [9.17, 15) is 9.18 Å². The normalized spacial score (nSPS) is 10.3. The summed E-state index contributed by atoms with van der Waals surface area (Å²) < 4.78 is 18.6. The minimum absolute atomic E-state index is 0.00436. The SMILES string of the molecule is Cc1ccc(F)c(C(=O)OCCCc2ccccc2)c1. The smallest absolute Gasteiger partial charge is 0.341 e. The second-order valence-corrected chi connectivity index (χ2v) is 4.71.